The van der Waals surface area contributed by atoms with Crippen molar-refractivity contribution in [3.63, 3.8) is 0 Å². The van der Waals surface area contributed by atoms with Crippen LogP contribution in [-0.4, -0.2) is 49.1 Å². The number of nitrogens with one attached hydrogen (secondary N) is 2. The zero-order chi connectivity index (χ0) is 13.5. The summed E-state index contributed by atoms with van der Waals surface area (Å²) in [7, 11) is 0. The normalized spacial score (nSPS) is 21.1. The fourth-order valence-corrected chi connectivity index (χ4v) is 2.91. The molecular formula is C15H30N4. The number of likely N-dealkylation sites (N-methyl/N-ethyl adjacent to an activating group) is 1. The van der Waals surface area contributed by atoms with Gasteiger partial charge in [-0.05, 0) is 39.2 Å². The highest BCUT2D eigenvalue weighted by Crippen LogP contribution is 2.25. The third-order valence-electron chi connectivity index (χ3n) is 4.17. The van der Waals surface area contributed by atoms with E-state index in [9.17, 15) is 0 Å². The first-order valence-corrected chi connectivity index (χ1v) is 8.12. The van der Waals surface area contributed by atoms with Crippen molar-refractivity contribution in [1.29, 1.82) is 0 Å². The maximum atomic E-state index is 4.73. The quantitative estimate of drug-likeness (QED) is 0.547. The van der Waals surface area contributed by atoms with Crippen LogP contribution in [0.2, 0.25) is 0 Å². The van der Waals surface area contributed by atoms with E-state index in [1.54, 1.807) is 0 Å². The number of hydrogen-bond acceptors (Lipinski definition) is 2. The van der Waals surface area contributed by atoms with E-state index in [0.717, 1.165) is 38.2 Å². The molecule has 19 heavy (non-hydrogen) atoms. The summed E-state index contributed by atoms with van der Waals surface area (Å²) in [6, 6.07) is 1.49. The minimum atomic E-state index is 0.642. The van der Waals surface area contributed by atoms with E-state index >= 15 is 0 Å². The molecule has 0 amide bonds. The van der Waals surface area contributed by atoms with Gasteiger partial charge in [-0.2, -0.15) is 0 Å². The highest BCUT2D eigenvalue weighted by atomic mass is 15.2. The molecule has 0 aromatic carbocycles. The highest BCUT2D eigenvalue weighted by Gasteiger charge is 2.27. The van der Waals surface area contributed by atoms with E-state index in [-0.39, 0.29) is 0 Å². The molecule has 2 rings (SSSR count). The Bertz CT molecular complexity index is 280. The molecule has 0 heterocycles. The van der Waals surface area contributed by atoms with E-state index in [1.165, 1.54) is 38.5 Å². The molecule has 2 aliphatic carbocycles. The van der Waals surface area contributed by atoms with E-state index in [4.69, 9.17) is 4.99 Å². The first-order valence-electron chi connectivity index (χ1n) is 8.12. The average Bonchev–Trinajstić information content (AvgIpc) is 3.12. The van der Waals surface area contributed by atoms with Gasteiger partial charge in [-0.1, -0.05) is 19.8 Å². The molecule has 0 radical (unpaired) electrons. The number of rotatable bonds is 7. The van der Waals surface area contributed by atoms with E-state index < -0.39 is 0 Å². The number of guanidine groups is 1. The summed E-state index contributed by atoms with van der Waals surface area (Å²) >= 11 is 0. The summed E-state index contributed by atoms with van der Waals surface area (Å²) in [6.45, 7) is 8.50. The Morgan fingerprint density at radius 1 is 1.16 bits per heavy atom. The van der Waals surface area contributed by atoms with E-state index in [2.05, 4.69) is 29.4 Å². The van der Waals surface area contributed by atoms with Gasteiger partial charge in [0.25, 0.3) is 0 Å². The maximum absolute atomic E-state index is 4.73. The van der Waals surface area contributed by atoms with Gasteiger partial charge in [0.2, 0.25) is 0 Å². The van der Waals surface area contributed by atoms with Gasteiger partial charge < -0.3 is 10.6 Å². The molecule has 0 saturated heterocycles. The van der Waals surface area contributed by atoms with Crippen molar-refractivity contribution in [2.24, 2.45) is 4.99 Å². The van der Waals surface area contributed by atoms with Crippen molar-refractivity contribution in [2.75, 3.05) is 26.2 Å². The Morgan fingerprint density at radius 3 is 2.47 bits per heavy atom. The molecule has 0 atom stereocenters. The summed E-state index contributed by atoms with van der Waals surface area (Å²) < 4.78 is 0. The van der Waals surface area contributed by atoms with Crippen LogP contribution in [0.15, 0.2) is 4.99 Å². The van der Waals surface area contributed by atoms with Crippen LogP contribution in [0.25, 0.3) is 0 Å². The standard InChI is InChI=1S/C15H30N4/c1-3-16-15(18-13-7-5-6-8-13)17-11-12-19(4-2)14-9-10-14/h13-14H,3-12H2,1-2H3,(H2,16,17,18). The molecule has 4 nitrogen and oxygen atoms in total. The maximum Gasteiger partial charge on any atom is 0.191 e. The lowest BCUT2D eigenvalue weighted by Crippen LogP contribution is -2.42. The molecule has 110 valence electrons. The number of hydrogen-bond donors (Lipinski definition) is 2. The monoisotopic (exact) mass is 266 g/mol. The minimum absolute atomic E-state index is 0.642. The van der Waals surface area contributed by atoms with Gasteiger partial charge in [0.15, 0.2) is 5.96 Å². The van der Waals surface area contributed by atoms with Gasteiger partial charge in [0.05, 0.1) is 6.54 Å². The zero-order valence-corrected chi connectivity index (χ0v) is 12.6. The fraction of sp³-hybridized carbons (Fsp3) is 0.933. The van der Waals surface area contributed by atoms with E-state index in [1.807, 2.05) is 0 Å². The summed E-state index contributed by atoms with van der Waals surface area (Å²) in [5, 5.41) is 6.94. The number of aliphatic imine (C=N–C) groups is 1. The Morgan fingerprint density at radius 2 is 1.89 bits per heavy atom. The van der Waals surface area contributed by atoms with Gasteiger partial charge >= 0.3 is 0 Å². The summed E-state index contributed by atoms with van der Waals surface area (Å²) in [4.78, 5) is 7.29. The van der Waals surface area contributed by atoms with Gasteiger partial charge in [0, 0.05) is 25.2 Å². The molecule has 2 fully saturated rings. The van der Waals surface area contributed by atoms with Gasteiger partial charge in [-0.3, -0.25) is 9.89 Å². The third kappa shape index (κ3) is 5.01. The van der Waals surface area contributed by atoms with Crippen molar-refractivity contribution >= 4 is 5.96 Å². The second-order valence-corrected chi connectivity index (χ2v) is 5.75. The molecule has 2 N–H and O–H groups in total. The third-order valence-corrected chi connectivity index (χ3v) is 4.17. The molecule has 0 aromatic heterocycles. The lowest BCUT2D eigenvalue weighted by Gasteiger charge is -2.20. The van der Waals surface area contributed by atoms with E-state index in [0.29, 0.717) is 6.04 Å². The van der Waals surface area contributed by atoms with Crippen LogP contribution < -0.4 is 10.6 Å². The largest absolute Gasteiger partial charge is 0.357 e. The van der Waals surface area contributed by atoms with Crippen molar-refractivity contribution in [3.8, 4) is 0 Å². The summed E-state index contributed by atoms with van der Waals surface area (Å²) in [5.41, 5.74) is 0. The predicted octanol–water partition coefficient (Wildman–Crippen LogP) is 1.97. The number of nitrogens with zero attached hydrogens (tertiary/aromatic N) is 2. The first kappa shape index (κ1) is 14.6. The molecule has 0 spiro atoms. The minimum Gasteiger partial charge on any atom is -0.357 e. The van der Waals surface area contributed by atoms with Crippen LogP contribution in [-0.2, 0) is 0 Å². The van der Waals surface area contributed by atoms with Gasteiger partial charge in [-0.25, -0.2) is 0 Å². The molecular weight excluding hydrogens is 236 g/mol. The van der Waals surface area contributed by atoms with Crippen LogP contribution in [0.1, 0.15) is 52.4 Å². The molecule has 2 saturated carbocycles. The summed E-state index contributed by atoms with van der Waals surface area (Å²) in [6.07, 6.45) is 8.10. The topological polar surface area (TPSA) is 39.7 Å². The highest BCUT2D eigenvalue weighted by molar-refractivity contribution is 5.80. The zero-order valence-electron chi connectivity index (χ0n) is 12.6. The second kappa shape index (κ2) is 7.73. The fourth-order valence-electron chi connectivity index (χ4n) is 2.91. The SMILES string of the molecule is CCNC(=NCCN(CC)C1CC1)NC1CCCC1. The van der Waals surface area contributed by atoms with Crippen molar-refractivity contribution < 1.29 is 0 Å². The second-order valence-electron chi connectivity index (χ2n) is 5.75. The molecule has 0 aromatic rings. The molecule has 0 aliphatic heterocycles. The molecule has 4 heteroatoms. The predicted molar refractivity (Wildman–Crippen MR) is 81.6 cm³/mol. The van der Waals surface area contributed by atoms with Crippen molar-refractivity contribution in [3.05, 3.63) is 0 Å². The summed E-state index contributed by atoms with van der Waals surface area (Å²) in [5.74, 6) is 1.02. The Labute approximate surface area is 118 Å². The van der Waals surface area contributed by atoms with Gasteiger partial charge in [0.1, 0.15) is 0 Å². The van der Waals surface area contributed by atoms with Crippen LogP contribution in [0.5, 0.6) is 0 Å². The Hall–Kier alpha value is -0.770. The first-order chi connectivity index (χ1) is 9.33. The van der Waals surface area contributed by atoms with Crippen LogP contribution in [0.4, 0.5) is 0 Å². The lowest BCUT2D eigenvalue weighted by atomic mass is 10.2. The Balaban J connectivity index is 1.74. The lowest BCUT2D eigenvalue weighted by molar-refractivity contribution is 0.286. The smallest absolute Gasteiger partial charge is 0.191 e. The molecule has 0 bridgehead atoms. The van der Waals surface area contributed by atoms with Crippen LogP contribution in [0.3, 0.4) is 0 Å². The van der Waals surface area contributed by atoms with Crippen LogP contribution in [0, 0.1) is 0 Å². The average molecular weight is 266 g/mol. The van der Waals surface area contributed by atoms with Crippen molar-refractivity contribution in [1.82, 2.24) is 15.5 Å². The Kier molecular flexibility index (Phi) is 5.95. The van der Waals surface area contributed by atoms with Crippen molar-refractivity contribution in [2.45, 2.75) is 64.5 Å². The molecule has 0 unspecified atom stereocenters. The van der Waals surface area contributed by atoms with Gasteiger partial charge in [-0.15, -0.1) is 0 Å². The molecule has 2 aliphatic rings. The van der Waals surface area contributed by atoms with Crippen LogP contribution >= 0.6 is 0 Å².